The molecule has 0 atom stereocenters. The number of ether oxygens (including phenoxy) is 1. The molecule has 1 aromatic heterocycles. The molecular weight excluding hydrogens is 416 g/mol. The minimum atomic E-state index is 0.500. The molecule has 0 unspecified atom stereocenters. The van der Waals surface area contributed by atoms with Crippen LogP contribution in [0.5, 0.6) is 5.75 Å². The molecule has 30 heavy (non-hydrogen) atoms. The van der Waals surface area contributed by atoms with Crippen molar-refractivity contribution >= 4 is 35.1 Å². The molecule has 3 aromatic rings. The first-order valence-corrected chi connectivity index (χ1v) is 10.5. The van der Waals surface area contributed by atoms with Crippen LogP contribution in [0.1, 0.15) is 29.4 Å². The van der Waals surface area contributed by atoms with Crippen molar-refractivity contribution in [2.24, 2.45) is 5.10 Å². The van der Waals surface area contributed by atoms with E-state index in [0.29, 0.717) is 11.7 Å². The molecule has 0 spiro atoms. The summed E-state index contributed by atoms with van der Waals surface area (Å²) in [5.74, 6) is 0.819. The second kappa shape index (κ2) is 10.3. The minimum absolute atomic E-state index is 0.500. The zero-order valence-corrected chi connectivity index (χ0v) is 18.8. The van der Waals surface area contributed by atoms with E-state index in [1.807, 2.05) is 43.3 Å². The summed E-state index contributed by atoms with van der Waals surface area (Å²) in [6, 6.07) is 17.8. The third-order valence-electron chi connectivity index (χ3n) is 4.59. The van der Waals surface area contributed by atoms with Crippen LogP contribution in [-0.4, -0.2) is 22.4 Å². The third kappa shape index (κ3) is 5.62. The predicted octanol–water partition coefficient (Wildman–Crippen LogP) is 5.14. The van der Waals surface area contributed by atoms with Crippen LogP contribution in [0, 0.1) is 13.8 Å². The molecule has 0 fully saturated rings. The van der Waals surface area contributed by atoms with Gasteiger partial charge >= 0.3 is 0 Å². The van der Waals surface area contributed by atoms with Crippen molar-refractivity contribution in [2.75, 3.05) is 6.54 Å². The summed E-state index contributed by atoms with van der Waals surface area (Å²) in [7, 11) is 0. The van der Waals surface area contributed by atoms with Gasteiger partial charge in [-0.3, -0.25) is 5.43 Å². The number of halogens is 1. The van der Waals surface area contributed by atoms with E-state index in [9.17, 15) is 0 Å². The first-order chi connectivity index (χ1) is 14.5. The van der Waals surface area contributed by atoms with Gasteiger partial charge in [-0.25, -0.2) is 0 Å². The molecule has 1 heterocycles. The number of nitrogens with one attached hydrogen (secondary N) is 2. The van der Waals surface area contributed by atoms with Crippen LogP contribution in [0.2, 0.25) is 5.02 Å². The Morgan fingerprint density at radius 1 is 1.13 bits per heavy atom. The molecule has 0 aliphatic rings. The van der Waals surface area contributed by atoms with Gasteiger partial charge in [-0.1, -0.05) is 23.7 Å². The Morgan fingerprint density at radius 3 is 2.50 bits per heavy atom. The van der Waals surface area contributed by atoms with Gasteiger partial charge in [-0.2, -0.15) is 5.10 Å². The number of hydrogen-bond acceptors (Lipinski definition) is 3. The summed E-state index contributed by atoms with van der Waals surface area (Å²) in [5.41, 5.74) is 8.22. The van der Waals surface area contributed by atoms with Crippen LogP contribution in [0.25, 0.3) is 5.69 Å². The fourth-order valence-electron chi connectivity index (χ4n) is 3.11. The van der Waals surface area contributed by atoms with Crippen molar-refractivity contribution in [3.05, 3.63) is 82.1 Å². The Labute approximate surface area is 187 Å². The van der Waals surface area contributed by atoms with Gasteiger partial charge in [0.15, 0.2) is 5.11 Å². The Balaban J connectivity index is 1.68. The first kappa shape index (κ1) is 21.9. The van der Waals surface area contributed by atoms with Crippen molar-refractivity contribution < 1.29 is 4.74 Å². The molecule has 2 aromatic carbocycles. The highest BCUT2D eigenvalue weighted by Gasteiger charge is 2.10. The summed E-state index contributed by atoms with van der Waals surface area (Å²) >= 11 is 11.0. The fourth-order valence-corrected chi connectivity index (χ4v) is 3.44. The summed E-state index contributed by atoms with van der Waals surface area (Å²) in [6.07, 6.45) is 1.78. The number of aromatic nitrogens is 1. The van der Waals surface area contributed by atoms with Crippen LogP contribution in [0.3, 0.4) is 0 Å². The normalized spacial score (nSPS) is 10.9. The van der Waals surface area contributed by atoms with E-state index in [0.717, 1.165) is 45.5 Å². The quantitative estimate of drug-likeness (QED) is 0.303. The minimum Gasteiger partial charge on any atom is -0.489 e. The molecule has 0 aliphatic carbocycles. The predicted molar refractivity (Wildman–Crippen MR) is 128 cm³/mol. The summed E-state index contributed by atoms with van der Waals surface area (Å²) in [6.45, 7) is 7.39. The van der Waals surface area contributed by atoms with Gasteiger partial charge < -0.3 is 14.6 Å². The second-order valence-electron chi connectivity index (χ2n) is 6.80. The van der Waals surface area contributed by atoms with Gasteiger partial charge in [0.05, 0.1) is 6.21 Å². The number of thiocarbonyl (C=S) groups is 1. The zero-order chi connectivity index (χ0) is 21.5. The molecule has 2 N–H and O–H groups in total. The van der Waals surface area contributed by atoms with E-state index in [1.54, 1.807) is 6.21 Å². The van der Waals surface area contributed by atoms with E-state index in [2.05, 4.69) is 52.5 Å². The maximum absolute atomic E-state index is 5.92. The van der Waals surface area contributed by atoms with Crippen LogP contribution < -0.4 is 15.5 Å². The Hall–Kier alpha value is -2.83. The fraction of sp³-hybridized carbons (Fsp3) is 0.217. The molecule has 5 nitrogen and oxygen atoms in total. The van der Waals surface area contributed by atoms with Crippen molar-refractivity contribution in [1.82, 2.24) is 15.3 Å². The lowest BCUT2D eigenvalue weighted by atomic mass is 10.2. The number of hydrogen-bond donors (Lipinski definition) is 2. The van der Waals surface area contributed by atoms with Crippen LogP contribution in [0.15, 0.2) is 59.7 Å². The van der Waals surface area contributed by atoms with Crippen molar-refractivity contribution in [1.29, 1.82) is 0 Å². The molecule has 0 aliphatic heterocycles. The van der Waals surface area contributed by atoms with Gasteiger partial charge in [0.2, 0.25) is 0 Å². The molecule has 156 valence electrons. The smallest absolute Gasteiger partial charge is 0.186 e. The third-order valence-corrected chi connectivity index (χ3v) is 5.08. The SMILES string of the molecule is CCNC(=S)NN=Cc1cc(C)n(-c2ccc(OCc3ccc(Cl)cc3)cc2)c1C. The average molecular weight is 441 g/mol. The molecule has 7 heteroatoms. The standard InChI is InChI=1S/C23H25ClN4OS/c1-4-25-23(30)27-26-14-19-13-16(2)28(17(19)3)21-9-11-22(12-10-21)29-15-18-5-7-20(24)8-6-18/h5-14H,4,15H2,1-3H3,(H2,25,27,30). The van der Waals surface area contributed by atoms with Crippen molar-refractivity contribution in [3.8, 4) is 11.4 Å². The van der Waals surface area contributed by atoms with Gasteiger partial charge in [0.1, 0.15) is 12.4 Å². The monoisotopic (exact) mass is 440 g/mol. The van der Waals surface area contributed by atoms with Crippen LogP contribution >= 0.6 is 23.8 Å². The lowest BCUT2D eigenvalue weighted by Gasteiger charge is -2.11. The molecule has 0 saturated heterocycles. The molecule has 0 bridgehead atoms. The van der Waals surface area contributed by atoms with Gasteiger partial charge in [0, 0.05) is 34.2 Å². The zero-order valence-electron chi connectivity index (χ0n) is 17.3. The maximum Gasteiger partial charge on any atom is 0.186 e. The number of hydrazone groups is 1. The van der Waals surface area contributed by atoms with Crippen molar-refractivity contribution in [2.45, 2.75) is 27.4 Å². The van der Waals surface area contributed by atoms with E-state index >= 15 is 0 Å². The molecule has 0 radical (unpaired) electrons. The first-order valence-electron chi connectivity index (χ1n) is 9.71. The molecule has 3 rings (SSSR count). The summed E-state index contributed by atoms with van der Waals surface area (Å²) < 4.78 is 8.07. The van der Waals surface area contributed by atoms with Crippen LogP contribution in [0.4, 0.5) is 0 Å². The highest BCUT2D eigenvalue weighted by Crippen LogP contribution is 2.22. The average Bonchev–Trinajstić information content (AvgIpc) is 3.01. The highest BCUT2D eigenvalue weighted by atomic mass is 35.5. The van der Waals surface area contributed by atoms with Crippen LogP contribution in [-0.2, 0) is 6.61 Å². The largest absolute Gasteiger partial charge is 0.489 e. The van der Waals surface area contributed by atoms with E-state index < -0.39 is 0 Å². The lowest BCUT2D eigenvalue weighted by Crippen LogP contribution is -2.31. The van der Waals surface area contributed by atoms with Gasteiger partial charge in [-0.05, 0) is 81.0 Å². The summed E-state index contributed by atoms with van der Waals surface area (Å²) in [4.78, 5) is 0. The number of aryl methyl sites for hydroxylation is 1. The second-order valence-corrected chi connectivity index (χ2v) is 7.65. The Kier molecular flexibility index (Phi) is 7.49. The Morgan fingerprint density at radius 2 is 1.83 bits per heavy atom. The Bertz CT molecular complexity index is 1030. The van der Waals surface area contributed by atoms with Gasteiger partial charge in [0.25, 0.3) is 0 Å². The number of nitrogens with zero attached hydrogens (tertiary/aromatic N) is 2. The molecule has 0 saturated carbocycles. The van der Waals surface area contributed by atoms with Gasteiger partial charge in [-0.15, -0.1) is 0 Å². The number of rotatable bonds is 7. The topological polar surface area (TPSA) is 50.6 Å². The van der Waals surface area contributed by atoms with E-state index in [4.69, 9.17) is 28.6 Å². The highest BCUT2D eigenvalue weighted by molar-refractivity contribution is 7.80. The van der Waals surface area contributed by atoms with E-state index in [-0.39, 0.29) is 0 Å². The summed E-state index contributed by atoms with van der Waals surface area (Å²) in [5, 5.41) is 8.46. The lowest BCUT2D eigenvalue weighted by molar-refractivity contribution is 0.306. The maximum atomic E-state index is 5.92. The van der Waals surface area contributed by atoms with E-state index in [1.165, 1.54) is 0 Å². The number of benzene rings is 2. The molecule has 0 amide bonds. The van der Waals surface area contributed by atoms with Crippen molar-refractivity contribution in [3.63, 3.8) is 0 Å². The molecular formula is C23H25ClN4OS.